The molecule has 0 atom stereocenters. The summed E-state index contributed by atoms with van der Waals surface area (Å²) in [7, 11) is -1.75. The molecule has 5 aromatic rings. The van der Waals surface area contributed by atoms with Gasteiger partial charge in [0.2, 0.25) is 10.0 Å². The number of carbonyl (C=O) groups is 1. The number of anilines is 2. The first-order valence-electron chi connectivity index (χ1n) is 14.7. The number of thiazole rings is 1. The number of ether oxygens (including phenoxy) is 1. The lowest BCUT2D eigenvalue weighted by Gasteiger charge is -2.26. The fourth-order valence-electron chi connectivity index (χ4n) is 5.27. The number of aromatic nitrogens is 1. The zero-order chi connectivity index (χ0) is 32.5. The van der Waals surface area contributed by atoms with Crippen LogP contribution in [-0.2, 0) is 16.4 Å². The first-order chi connectivity index (χ1) is 22.2. The van der Waals surface area contributed by atoms with Crippen molar-refractivity contribution in [2.45, 2.75) is 18.8 Å². The lowest BCUT2D eigenvalue weighted by molar-refractivity contribution is 0.210. The summed E-state index contributed by atoms with van der Waals surface area (Å²) < 4.78 is 31.5. The molecule has 0 aliphatic rings. The minimum atomic E-state index is -3.40. The molecule has 0 bridgehead atoms. The molecule has 0 aliphatic heterocycles. The zero-order valence-corrected chi connectivity index (χ0v) is 27.9. The maximum atomic E-state index is 13.9. The fraction of sp³-hybridized carbons (Fsp3) is 0.200. The number of benzene rings is 4. The molecule has 8 nitrogen and oxygen atoms in total. The Morgan fingerprint density at radius 3 is 2.11 bits per heavy atom. The highest BCUT2D eigenvalue weighted by Crippen LogP contribution is 2.36. The maximum absolute atomic E-state index is 13.9. The number of nitrogens with zero attached hydrogens (tertiary/aromatic N) is 2. The van der Waals surface area contributed by atoms with Crippen molar-refractivity contribution >= 4 is 49.8 Å². The Morgan fingerprint density at radius 2 is 1.50 bits per heavy atom. The van der Waals surface area contributed by atoms with Crippen molar-refractivity contribution in [3.05, 3.63) is 130 Å². The van der Waals surface area contributed by atoms with Crippen LogP contribution in [0.15, 0.2) is 109 Å². The Morgan fingerprint density at radius 1 is 0.891 bits per heavy atom. The standard InChI is InChI=1S/C35H35ClN4O4S2/c1-44-31-16-10-9-15-27(31)21-23-40(24-22-30(25-11-5-3-6-12-25)26-13-7-4-8-14-26)35(41)38-34-37-32(33(36)45-34)28-17-19-29(20-18-28)39-46(2,42)43/h3-20,30,39H,21-24H2,1-2H3,(H,37,38,41). The van der Waals surface area contributed by atoms with Crippen molar-refractivity contribution in [2.75, 3.05) is 36.5 Å². The van der Waals surface area contributed by atoms with Crippen LogP contribution in [0.4, 0.5) is 15.6 Å². The minimum Gasteiger partial charge on any atom is -0.496 e. The van der Waals surface area contributed by atoms with Crippen molar-refractivity contribution in [1.82, 2.24) is 9.88 Å². The van der Waals surface area contributed by atoms with Gasteiger partial charge in [0.15, 0.2) is 5.13 Å². The number of rotatable bonds is 13. The second-order valence-corrected chi connectivity index (χ2v) is 14.1. The molecular formula is C35H35ClN4O4S2. The van der Waals surface area contributed by atoms with E-state index in [1.165, 1.54) is 22.5 Å². The van der Waals surface area contributed by atoms with Crippen LogP contribution in [0.25, 0.3) is 11.3 Å². The first-order valence-corrected chi connectivity index (χ1v) is 17.8. The van der Waals surface area contributed by atoms with Gasteiger partial charge in [-0.3, -0.25) is 10.0 Å². The van der Waals surface area contributed by atoms with E-state index in [9.17, 15) is 13.2 Å². The summed E-state index contributed by atoms with van der Waals surface area (Å²) in [5.41, 5.74) is 5.02. The topological polar surface area (TPSA) is 101 Å². The molecule has 0 spiro atoms. The number of methoxy groups -OCH3 is 1. The van der Waals surface area contributed by atoms with Crippen LogP contribution in [0.2, 0.25) is 4.34 Å². The van der Waals surface area contributed by atoms with Gasteiger partial charge in [0.25, 0.3) is 0 Å². The third kappa shape index (κ3) is 8.87. The second kappa shape index (κ2) is 15.3. The number of amides is 2. The molecule has 1 aromatic heterocycles. The summed E-state index contributed by atoms with van der Waals surface area (Å²) in [5.74, 6) is 0.883. The number of para-hydroxylation sites is 1. The zero-order valence-electron chi connectivity index (χ0n) is 25.5. The highest BCUT2D eigenvalue weighted by atomic mass is 35.5. The fourth-order valence-corrected chi connectivity index (χ4v) is 6.92. The highest BCUT2D eigenvalue weighted by molar-refractivity contribution is 7.92. The smallest absolute Gasteiger partial charge is 0.323 e. The summed E-state index contributed by atoms with van der Waals surface area (Å²) >= 11 is 7.74. The number of nitrogens with one attached hydrogen (secondary N) is 2. The molecule has 0 saturated carbocycles. The average molecular weight is 675 g/mol. The van der Waals surface area contributed by atoms with E-state index in [0.29, 0.717) is 52.3 Å². The van der Waals surface area contributed by atoms with E-state index >= 15 is 0 Å². The van der Waals surface area contributed by atoms with Gasteiger partial charge in [-0.05, 0) is 47.7 Å². The Hall–Kier alpha value is -4.38. The van der Waals surface area contributed by atoms with E-state index in [1.54, 1.807) is 31.4 Å². The van der Waals surface area contributed by atoms with Gasteiger partial charge in [0, 0.05) is 30.3 Å². The van der Waals surface area contributed by atoms with Gasteiger partial charge in [-0.25, -0.2) is 18.2 Å². The molecule has 0 unspecified atom stereocenters. The van der Waals surface area contributed by atoms with Crippen LogP contribution in [-0.4, -0.2) is 50.8 Å². The largest absolute Gasteiger partial charge is 0.496 e. The van der Waals surface area contributed by atoms with E-state index in [4.69, 9.17) is 16.3 Å². The van der Waals surface area contributed by atoms with E-state index in [1.807, 2.05) is 65.6 Å². The predicted molar refractivity (Wildman–Crippen MR) is 188 cm³/mol. The van der Waals surface area contributed by atoms with Crippen molar-refractivity contribution in [3.8, 4) is 17.0 Å². The molecular weight excluding hydrogens is 640 g/mol. The molecule has 2 N–H and O–H groups in total. The Labute approximate surface area is 279 Å². The van der Waals surface area contributed by atoms with E-state index in [-0.39, 0.29) is 11.9 Å². The molecule has 4 aromatic carbocycles. The average Bonchev–Trinajstić information content (AvgIpc) is 3.42. The molecule has 11 heteroatoms. The van der Waals surface area contributed by atoms with Crippen LogP contribution >= 0.6 is 22.9 Å². The minimum absolute atomic E-state index is 0.102. The number of hydrogen-bond acceptors (Lipinski definition) is 6. The predicted octanol–water partition coefficient (Wildman–Crippen LogP) is 8.14. The summed E-state index contributed by atoms with van der Waals surface area (Å²) in [6.07, 6.45) is 2.41. The van der Waals surface area contributed by atoms with E-state index in [0.717, 1.165) is 17.6 Å². The normalized spacial score (nSPS) is 11.3. The number of halogens is 1. The second-order valence-electron chi connectivity index (χ2n) is 10.7. The molecule has 46 heavy (non-hydrogen) atoms. The van der Waals surface area contributed by atoms with Crippen molar-refractivity contribution < 1.29 is 17.9 Å². The van der Waals surface area contributed by atoms with Gasteiger partial charge in [0.05, 0.1) is 13.4 Å². The Balaban J connectivity index is 1.36. The molecule has 5 rings (SSSR count). The van der Waals surface area contributed by atoms with Gasteiger partial charge in [0.1, 0.15) is 15.8 Å². The van der Waals surface area contributed by atoms with E-state index in [2.05, 4.69) is 39.3 Å². The summed E-state index contributed by atoms with van der Waals surface area (Å²) in [5, 5.41) is 3.34. The van der Waals surface area contributed by atoms with Gasteiger partial charge in [-0.1, -0.05) is 114 Å². The summed E-state index contributed by atoms with van der Waals surface area (Å²) in [4.78, 5) is 20.3. The SMILES string of the molecule is COc1ccccc1CCN(CCC(c1ccccc1)c1ccccc1)C(=O)Nc1nc(-c2ccc(NS(C)(=O)=O)cc2)c(Cl)s1. The summed E-state index contributed by atoms with van der Waals surface area (Å²) in [6, 6.07) is 34.9. The van der Waals surface area contributed by atoms with Crippen LogP contribution in [0, 0.1) is 0 Å². The molecule has 0 radical (unpaired) electrons. The van der Waals surface area contributed by atoms with Crippen molar-refractivity contribution in [2.24, 2.45) is 0 Å². The van der Waals surface area contributed by atoms with Crippen molar-refractivity contribution in [3.63, 3.8) is 0 Å². The highest BCUT2D eigenvalue weighted by Gasteiger charge is 2.22. The number of sulfonamides is 1. The third-order valence-electron chi connectivity index (χ3n) is 7.48. The monoisotopic (exact) mass is 674 g/mol. The van der Waals surface area contributed by atoms with Crippen LogP contribution in [0.5, 0.6) is 5.75 Å². The lowest BCUT2D eigenvalue weighted by Crippen LogP contribution is -2.38. The molecule has 238 valence electrons. The Bertz CT molecular complexity index is 1810. The third-order valence-corrected chi connectivity index (χ3v) is 9.26. The van der Waals surface area contributed by atoms with Crippen LogP contribution in [0.3, 0.4) is 0 Å². The van der Waals surface area contributed by atoms with Crippen LogP contribution in [0.1, 0.15) is 29.0 Å². The van der Waals surface area contributed by atoms with Crippen LogP contribution < -0.4 is 14.8 Å². The number of carbonyl (C=O) groups excluding carboxylic acids is 1. The first kappa shape index (κ1) is 33.0. The number of hydrogen-bond donors (Lipinski definition) is 2. The quantitative estimate of drug-likeness (QED) is 0.131. The molecule has 0 saturated heterocycles. The van der Waals surface area contributed by atoms with Gasteiger partial charge >= 0.3 is 6.03 Å². The molecule has 1 heterocycles. The van der Waals surface area contributed by atoms with Gasteiger partial charge < -0.3 is 9.64 Å². The molecule has 2 amide bonds. The molecule has 0 aliphatic carbocycles. The summed E-state index contributed by atoms with van der Waals surface area (Å²) in [6.45, 7) is 0.958. The van der Waals surface area contributed by atoms with Gasteiger partial charge in [-0.2, -0.15) is 0 Å². The number of urea groups is 1. The van der Waals surface area contributed by atoms with Crippen molar-refractivity contribution in [1.29, 1.82) is 0 Å². The Kier molecular flexibility index (Phi) is 11.0. The van der Waals surface area contributed by atoms with Gasteiger partial charge in [-0.15, -0.1) is 0 Å². The lowest BCUT2D eigenvalue weighted by atomic mass is 9.88. The van der Waals surface area contributed by atoms with E-state index < -0.39 is 10.0 Å². The molecule has 0 fully saturated rings. The maximum Gasteiger partial charge on any atom is 0.323 e.